The normalized spacial score (nSPS) is 21.3. The van der Waals surface area contributed by atoms with Crippen molar-refractivity contribution in [3.8, 4) is 0 Å². The van der Waals surface area contributed by atoms with E-state index in [0.29, 0.717) is 13.2 Å². The zero-order valence-electron chi connectivity index (χ0n) is 13.9. The van der Waals surface area contributed by atoms with E-state index < -0.39 is 17.8 Å². The average molecular weight is 319 g/mol. The Morgan fingerprint density at radius 1 is 1.26 bits per heavy atom. The molecule has 1 amide bonds. The molecule has 1 aliphatic rings. The molecule has 0 aromatic heterocycles. The lowest BCUT2D eigenvalue weighted by molar-refractivity contribution is -0.00517. The van der Waals surface area contributed by atoms with Crippen molar-refractivity contribution in [2.45, 2.75) is 45.1 Å². The molecule has 1 heterocycles. The second kappa shape index (κ2) is 7.62. The number of rotatable bonds is 4. The smallest absolute Gasteiger partial charge is 0.410 e. The van der Waals surface area contributed by atoms with Gasteiger partial charge in [0.15, 0.2) is 0 Å². The molecule has 5 heteroatoms. The molecule has 0 bridgehead atoms. The van der Waals surface area contributed by atoms with Crippen LogP contribution in [0.3, 0.4) is 0 Å². The Hall–Kier alpha value is -1.85. The van der Waals surface area contributed by atoms with Crippen molar-refractivity contribution >= 4 is 6.09 Å². The molecule has 5 nitrogen and oxygen atoms in total. The fourth-order valence-corrected chi connectivity index (χ4v) is 2.31. The highest BCUT2D eigenvalue weighted by Crippen LogP contribution is 2.17. The fourth-order valence-electron chi connectivity index (χ4n) is 2.31. The SMILES string of the molecule is CC(C)(C)OC(=O)N1C[C@@H](O)C=C[C@H]1COCc1ccccc1. The highest BCUT2D eigenvalue weighted by molar-refractivity contribution is 5.69. The summed E-state index contributed by atoms with van der Waals surface area (Å²) in [6.45, 7) is 6.52. The topological polar surface area (TPSA) is 59.0 Å². The van der Waals surface area contributed by atoms with Crippen LogP contribution in [0.2, 0.25) is 0 Å². The standard InChI is InChI=1S/C18H25NO4/c1-18(2,3)23-17(21)19-11-16(20)10-9-15(19)13-22-12-14-7-5-4-6-8-14/h4-10,15-16,20H,11-13H2,1-3H3/t15-,16-/m0/s1. The van der Waals surface area contributed by atoms with Crippen molar-refractivity contribution < 1.29 is 19.4 Å². The van der Waals surface area contributed by atoms with Gasteiger partial charge in [-0.2, -0.15) is 0 Å². The van der Waals surface area contributed by atoms with Crippen LogP contribution in [0.5, 0.6) is 0 Å². The van der Waals surface area contributed by atoms with Crippen molar-refractivity contribution in [2.24, 2.45) is 0 Å². The molecule has 0 unspecified atom stereocenters. The molecular weight excluding hydrogens is 294 g/mol. The first-order chi connectivity index (χ1) is 10.8. The molecule has 126 valence electrons. The zero-order chi connectivity index (χ0) is 16.9. The molecule has 23 heavy (non-hydrogen) atoms. The summed E-state index contributed by atoms with van der Waals surface area (Å²) >= 11 is 0. The maximum atomic E-state index is 12.3. The number of aliphatic hydroxyl groups is 1. The summed E-state index contributed by atoms with van der Waals surface area (Å²) in [5.74, 6) is 0. The summed E-state index contributed by atoms with van der Waals surface area (Å²) < 4.78 is 11.1. The monoisotopic (exact) mass is 319 g/mol. The van der Waals surface area contributed by atoms with Gasteiger partial charge in [0.1, 0.15) is 5.60 Å². The third-order valence-electron chi connectivity index (χ3n) is 3.37. The number of nitrogens with zero attached hydrogens (tertiary/aromatic N) is 1. The van der Waals surface area contributed by atoms with E-state index in [0.717, 1.165) is 5.56 Å². The third kappa shape index (κ3) is 5.69. The van der Waals surface area contributed by atoms with Crippen LogP contribution in [-0.4, -0.2) is 47.0 Å². The van der Waals surface area contributed by atoms with E-state index in [1.807, 2.05) is 51.1 Å². The number of β-amino-alcohol motifs (C(OH)–C–C–N with tert-alkyl or cyclic N) is 1. The minimum atomic E-state index is -0.673. The Balaban J connectivity index is 1.94. The van der Waals surface area contributed by atoms with Crippen LogP contribution in [0.1, 0.15) is 26.3 Å². The highest BCUT2D eigenvalue weighted by Gasteiger charge is 2.31. The van der Waals surface area contributed by atoms with E-state index in [4.69, 9.17) is 9.47 Å². The predicted molar refractivity (Wildman–Crippen MR) is 88.0 cm³/mol. The summed E-state index contributed by atoms with van der Waals surface area (Å²) in [6, 6.07) is 9.62. The first kappa shape index (κ1) is 17.5. The molecule has 0 fully saturated rings. The van der Waals surface area contributed by atoms with Gasteiger partial charge in [0.2, 0.25) is 0 Å². The number of amides is 1. The van der Waals surface area contributed by atoms with Crippen LogP contribution in [0.4, 0.5) is 4.79 Å². The number of carbonyl (C=O) groups excluding carboxylic acids is 1. The lowest BCUT2D eigenvalue weighted by Crippen LogP contribution is -2.49. The minimum absolute atomic E-state index is 0.213. The molecule has 1 aromatic rings. The Bertz CT molecular complexity index is 536. The Morgan fingerprint density at radius 3 is 2.61 bits per heavy atom. The van der Waals surface area contributed by atoms with E-state index in [9.17, 15) is 9.90 Å². The molecule has 0 aliphatic carbocycles. The van der Waals surface area contributed by atoms with E-state index >= 15 is 0 Å². The van der Waals surface area contributed by atoms with Crippen LogP contribution in [0.25, 0.3) is 0 Å². The van der Waals surface area contributed by atoms with Gasteiger partial charge in [-0.3, -0.25) is 4.90 Å². The van der Waals surface area contributed by atoms with Crippen LogP contribution >= 0.6 is 0 Å². The van der Waals surface area contributed by atoms with Crippen molar-refractivity contribution in [2.75, 3.05) is 13.2 Å². The van der Waals surface area contributed by atoms with Crippen molar-refractivity contribution in [3.05, 3.63) is 48.0 Å². The molecule has 1 N–H and O–H groups in total. The Labute approximate surface area is 137 Å². The van der Waals surface area contributed by atoms with E-state index in [1.54, 1.807) is 12.2 Å². The second-order valence-electron chi connectivity index (χ2n) is 6.65. The minimum Gasteiger partial charge on any atom is -0.444 e. The quantitative estimate of drug-likeness (QED) is 0.867. The molecule has 0 spiro atoms. The number of hydrogen-bond donors (Lipinski definition) is 1. The Kier molecular flexibility index (Phi) is 5.80. The molecule has 0 radical (unpaired) electrons. The molecule has 0 saturated heterocycles. The number of carbonyl (C=O) groups is 1. The molecular formula is C18H25NO4. The number of aliphatic hydroxyl groups excluding tert-OH is 1. The molecule has 2 atom stereocenters. The lowest BCUT2D eigenvalue weighted by Gasteiger charge is -2.35. The van der Waals surface area contributed by atoms with Gasteiger partial charge in [-0.05, 0) is 26.3 Å². The molecule has 0 saturated carbocycles. The fraction of sp³-hybridized carbons (Fsp3) is 0.500. The highest BCUT2D eigenvalue weighted by atomic mass is 16.6. The van der Waals surface area contributed by atoms with Crippen molar-refractivity contribution in [1.29, 1.82) is 0 Å². The van der Waals surface area contributed by atoms with Gasteiger partial charge in [0.05, 0.1) is 31.9 Å². The van der Waals surface area contributed by atoms with Crippen LogP contribution < -0.4 is 0 Å². The van der Waals surface area contributed by atoms with Gasteiger partial charge in [-0.25, -0.2) is 4.79 Å². The van der Waals surface area contributed by atoms with Gasteiger partial charge in [-0.1, -0.05) is 42.5 Å². The molecule has 2 rings (SSSR count). The zero-order valence-corrected chi connectivity index (χ0v) is 13.9. The predicted octanol–water partition coefficient (Wildman–Crippen LogP) is 2.74. The average Bonchev–Trinajstić information content (AvgIpc) is 2.48. The first-order valence-corrected chi connectivity index (χ1v) is 7.83. The molecule has 1 aliphatic heterocycles. The van der Waals surface area contributed by atoms with Gasteiger partial charge in [-0.15, -0.1) is 0 Å². The van der Waals surface area contributed by atoms with Crippen LogP contribution in [-0.2, 0) is 16.1 Å². The van der Waals surface area contributed by atoms with Gasteiger partial charge in [0.25, 0.3) is 0 Å². The summed E-state index contributed by atoms with van der Waals surface area (Å²) in [6.07, 6.45) is 2.38. The van der Waals surface area contributed by atoms with Gasteiger partial charge in [0, 0.05) is 0 Å². The number of benzene rings is 1. The summed E-state index contributed by atoms with van der Waals surface area (Å²) in [5.41, 5.74) is 0.509. The molecule has 1 aromatic carbocycles. The largest absolute Gasteiger partial charge is 0.444 e. The number of hydrogen-bond acceptors (Lipinski definition) is 4. The second-order valence-corrected chi connectivity index (χ2v) is 6.65. The van der Waals surface area contributed by atoms with Gasteiger partial charge >= 0.3 is 6.09 Å². The summed E-state index contributed by atoms with van der Waals surface area (Å²) in [5, 5.41) is 9.77. The Morgan fingerprint density at radius 2 is 1.96 bits per heavy atom. The van der Waals surface area contributed by atoms with Crippen molar-refractivity contribution in [3.63, 3.8) is 0 Å². The third-order valence-corrected chi connectivity index (χ3v) is 3.37. The van der Waals surface area contributed by atoms with Gasteiger partial charge < -0.3 is 14.6 Å². The maximum absolute atomic E-state index is 12.3. The first-order valence-electron chi connectivity index (χ1n) is 7.83. The summed E-state index contributed by atoms with van der Waals surface area (Å²) in [4.78, 5) is 13.8. The van der Waals surface area contributed by atoms with E-state index in [1.165, 1.54) is 4.90 Å². The number of ether oxygens (including phenoxy) is 2. The maximum Gasteiger partial charge on any atom is 0.410 e. The van der Waals surface area contributed by atoms with E-state index in [2.05, 4.69) is 0 Å². The van der Waals surface area contributed by atoms with Crippen molar-refractivity contribution in [1.82, 2.24) is 4.90 Å². The lowest BCUT2D eigenvalue weighted by atomic mass is 10.1. The summed E-state index contributed by atoms with van der Waals surface area (Å²) in [7, 11) is 0. The van der Waals surface area contributed by atoms with Crippen LogP contribution in [0.15, 0.2) is 42.5 Å². The van der Waals surface area contributed by atoms with Crippen LogP contribution in [0, 0.1) is 0 Å². The van der Waals surface area contributed by atoms with E-state index in [-0.39, 0.29) is 12.6 Å².